The highest BCUT2D eigenvalue weighted by Crippen LogP contribution is 2.14. The number of hydrogen-bond acceptors (Lipinski definition) is 7. The van der Waals surface area contributed by atoms with Crippen LogP contribution in [0.5, 0.6) is 0 Å². The minimum Gasteiger partial charge on any atom is -0.445 e. The third kappa shape index (κ3) is 11.4. The van der Waals surface area contributed by atoms with E-state index in [9.17, 15) is 24.3 Å². The van der Waals surface area contributed by atoms with Gasteiger partial charge in [0, 0.05) is 0 Å². The van der Waals surface area contributed by atoms with Crippen LogP contribution in [0.3, 0.4) is 0 Å². The number of nitrogens with one attached hydrogen (secondary N) is 2. The highest BCUT2D eigenvalue weighted by molar-refractivity contribution is 5.86. The van der Waals surface area contributed by atoms with Crippen molar-refractivity contribution < 1.29 is 33.8 Å². The van der Waals surface area contributed by atoms with E-state index in [0.29, 0.717) is 0 Å². The lowest BCUT2D eigenvalue weighted by Crippen LogP contribution is -2.58. The van der Waals surface area contributed by atoms with Crippen LogP contribution in [-0.2, 0) is 32.1 Å². The number of ether oxygens (including phenoxy) is 2. The Kier molecular flexibility index (Phi) is 12.8. The van der Waals surface area contributed by atoms with Gasteiger partial charge in [-0.2, -0.15) is 0 Å². The summed E-state index contributed by atoms with van der Waals surface area (Å²) < 4.78 is 10.7. The normalized spacial score (nSPS) is 14.2. The van der Waals surface area contributed by atoms with Crippen molar-refractivity contribution in [1.29, 1.82) is 0 Å². The number of rotatable bonds is 13. The van der Waals surface area contributed by atoms with E-state index in [-0.39, 0.29) is 25.5 Å². The van der Waals surface area contributed by atoms with Gasteiger partial charge in [0.1, 0.15) is 24.3 Å². The Hall–Kier alpha value is -4.12. The van der Waals surface area contributed by atoms with Crippen LogP contribution in [0.4, 0.5) is 9.59 Å². The number of alkyl carbamates (subject to hydrolysis) is 1. The van der Waals surface area contributed by atoms with E-state index in [0.717, 1.165) is 16.0 Å². The number of hydrogen-bond donors (Lipinski definition) is 4. The highest BCUT2D eigenvalue weighted by Gasteiger charge is 2.34. The third-order valence-electron chi connectivity index (χ3n) is 6.41. The summed E-state index contributed by atoms with van der Waals surface area (Å²) in [5, 5.41) is 16.8. The van der Waals surface area contributed by atoms with Crippen molar-refractivity contribution in [2.24, 2.45) is 11.7 Å². The Morgan fingerprint density at radius 2 is 1.45 bits per heavy atom. The molecule has 2 aromatic carbocycles. The molecule has 0 saturated carbocycles. The molecule has 11 nitrogen and oxygen atoms in total. The number of nitrogens with zero attached hydrogens (tertiary/aromatic N) is 1. The van der Waals surface area contributed by atoms with Crippen molar-refractivity contribution in [2.75, 3.05) is 6.54 Å². The van der Waals surface area contributed by atoms with Crippen molar-refractivity contribution in [3.8, 4) is 0 Å². The van der Waals surface area contributed by atoms with Gasteiger partial charge in [-0.25, -0.2) is 9.59 Å². The van der Waals surface area contributed by atoms with Gasteiger partial charge >= 0.3 is 12.2 Å². The van der Waals surface area contributed by atoms with Gasteiger partial charge in [-0.05, 0) is 51.2 Å². The molecule has 230 valence electrons. The fourth-order valence-corrected chi connectivity index (χ4v) is 4.07. The van der Waals surface area contributed by atoms with Crippen LogP contribution in [0.1, 0.15) is 52.7 Å². The molecule has 0 bridgehead atoms. The quantitative estimate of drug-likeness (QED) is 0.281. The molecule has 0 saturated heterocycles. The second-order valence-electron chi connectivity index (χ2n) is 11.5. The summed E-state index contributed by atoms with van der Waals surface area (Å²) in [4.78, 5) is 52.1. The molecule has 0 spiro atoms. The van der Waals surface area contributed by atoms with Gasteiger partial charge in [-0.1, -0.05) is 74.5 Å². The second kappa shape index (κ2) is 15.8. The first-order chi connectivity index (χ1) is 19.7. The van der Waals surface area contributed by atoms with Crippen molar-refractivity contribution in [2.45, 2.75) is 84.4 Å². The number of primary amides is 1. The molecule has 0 fully saturated rings. The summed E-state index contributed by atoms with van der Waals surface area (Å²) in [6, 6.07) is 15.2. The maximum Gasteiger partial charge on any atom is 0.410 e. The first-order valence-corrected chi connectivity index (χ1v) is 14.0. The number of aliphatic hydroxyl groups excluding tert-OH is 1. The largest absolute Gasteiger partial charge is 0.445 e. The smallest absolute Gasteiger partial charge is 0.410 e. The van der Waals surface area contributed by atoms with Crippen molar-refractivity contribution >= 4 is 24.0 Å². The van der Waals surface area contributed by atoms with Gasteiger partial charge in [-0.15, -0.1) is 0 Å². The monoisotopic (exact) mass is 584 g/mol. The third-order valence-corrected chi connectivity index (χ3v) is 6.41. The predicted octanol–water partition coefficient (Wildman–Crippen LogP) is 3.14. The lowest BCUT2D eigenvalue weighted by molar-refractivity contribution is -0.126. The summed E-state index contributed by atoms with van der Waals surface area (Å²) in [5.41, 5.74) is 6.30. The van der Waals surface area contributed by atoms with Gasteiger partial charge in [0.05, 0.1) is 18.7 Å². The Morgan fingerprint density at radius 1 is 0.905 bits per heavy atom. The molecule has 4 amide bonds. The van der Waals surface area contributed by atoms with E-state index < -0.39 is 53.8 Å². The lowest BCUT2D eigenvalue weighted by atomic mass is 9.98. The van der Waals surface area contributed by atoms with Gasteiger partial charge in [0.2, 0.25) is 11.8 Å². The van der Waals surface area contributed by atoms with E-state index in [1.54, 1.807) is 58.9 Å². The van der Waals surface area contributed by atoms with Crippen LogP contribution in [0, 0.1) is 5.92 Å². The molecule has 0 unspecified atom stereocenters. The Bertz CT molecular complexity index is 1170. The number of carbonyl (C=O) groups is 4. The lowest BCUT2D eigenvalue weighted by Gasteiger charge is -2.33. The van der Waals surface area contributed by atoms with Gasteiger partial charge in [0.25, 0.3) is 0 Å². The Balaban J connectivity index is 2.27. The fraction of sp³-hybridized carbons (Fsp3) is 0.484. The SMILES string of the molecule is CC(C)[C@H](NC(=O)OC(C)(C)C)C(=O)N[C@@H](Cc1ccccc1)[C@@H](O)CN(C(=O)OCc1ccccc1)[C@@H](C)C(N)=O. The zero-order valence-corrected chi connectivity index (χ0v) is 25.2. The molecule has 0 radical (unpaired) electrons. The molecular formula is C31H44N4O7. The summed E-state index contributed by atoms with van der Waals surface area (Å²) in [7, 11) is 0. The van der Waals surface area contributed by atoms with Crippen LogP contribution in [0.15, 0.2) is 60.7 Å². The standard InChI is InChI=1S/C31H44N4O7/c1-20(2)26(34-29(39)42-31(4,5)6)28(38)33-24(17-22-13-9-7-10-14-22)25(36)18-35(21(3)27(32)37)30(40)41-19-23-15-11-8-12-16-23/h7-16,20-21,24-26,36H,17-19H2,1-6H3,(H2,32,37)(H,33,38)(H,34,39)/t21-,24-,25-,26-/m0/s1. The van der Waals surface area contributed by atoms with Gasteiger partial charge in [-0.3, -0.25) is 14.5 Å². The first kappa shape index (κ1) is 34.1. The van der Waals surface area contributed by atoms with E-state index >= 15 is 0 Å². The molecule has 2 aromatic rings. The molecule has 0 aliphatic carbocycles. The minimum absolute atomic E-state index is 0.0473. The topological polar surface area (TPSA) is 160 Å². The van der Waals surface area contributed by atoms with Crippen LogP contribution in [0.2, 0.25) is 0 Å². The molecule has 42 heavy (non-hydrogen) atoms. The highest BCUT2D eigenvalue weighted by atomic mass is 16.6. The summed E-state index contributed by atoms with van der Waals surface area (Å²) in [6.07, 6.45) is -2.74. The minimum atomic E-state index is -1.34. The molecule has 11 heteroatoms. The summed E-state index contributed by atoms with van der Waals surface area (Å²) in [6.45, 7) is 9.71. The summed E-state index contributed by atoms with van der Waals surface area (Å²) >= 11 is 0. The maximum absolute atomic E-state index is 13.4. The number of aliphatic hydroxyl groups is 1. The molecule has 0 aliphatic rings. The van der Waals surface area contributed by atoms with Gasteiger partial charge in [0.15, 0.2) is 0 Å². The predicted molar refractivity (Wildman–Crippen MR) is 158 cm³/mol. The van der Waals surface area contributed by atoms with Crippen molar-refractivity contribution in [3.63, 3.8) is 0 Å². The molecular weight excluding hydrogens is 540 g/mol. The van der Waals surface area contributed by atoms with Crippen LogP contribution < -0.4 is 16.4 Å². The van der Waals surface area contributed by atoms with E-state index in [2.05, 4.69) is 10.6 Å². The molecule has 2 rings (SSSR count). The van der Waals surface area contributed by atoms with E-state index in [4.69, 9.17) is 15.2 Å². The zero-order valence-electron chi connectivity index (χ0n) is 25.2. The molecule has 4 atom stereocenters. The fourth-order valence-electron chi connectivity index (χ4n) is 4.07. The maximum atomic E-state index is 13.4. The molecule has 0 aromatic heterocycles. The Labute approximate surface area is 247 Å². The number of amides is 4. The average Bonchev–Trinajstić information content (AvgIpc) is 2.92. The second-order valence-corrected chi connectivity index (χ2v) is 11.5. The number of benzene rings is 2. The van der Waals surface area contributed by atoms with Crippen LogP contribution in [0.25, 0.3) is 0 Å². The average molecular weight is 585 g/mol. The van der Waals surface area contributed by atoms with E-state index in [1.165, 1.54) is 6.92 Å². The first-order valence-electron chi connectivity index (χ1n) is 14.0. The molecule has 5 N–H and O–H groups in total. The number of carbonyl (C=O) groups excluding carboxylic acids is 4. The van der Waals surface area contributed by atoms with E-state index in [1.807, 2.05) is 36.4 Å². The number of nitrogens with two attached hydrogens (primary N) is 1. The molecule has 0 aliphatic heterocycles. The van der Waals surface area contributed by atoms with Gasteiger partial charge < -0.3 is 30.9 Å². The van der Waals surface area contributed by atoms with Crippen molar-refractivity contribution in [3.05, 3.63) is 71.8 Å². The van der Waals surface area contributed by atoms with Crippen LogP contribution >= 0.6 is 0 Å². The van der Waals surface area contributed by atoms with Crippen molar-refractivity contribution in [1.82, 2.24) is 15.5 Å². The zero-order chi connectivity index (χ0) is 31.4. The Morgan fingerprint density at radius 3 is 1.95 bits per heavy atom. The summed E-state index contributed by atoms with van der Waals surface area (Å²) in [5.74, 6) is -1.65. The van der Waals surface area contributed by atoms with Crippen LogP contribution in [-0.4, -0.2) is 70.4 Å². The molecule has 0 heterocycles.